The van der Waals surface area contributed by atoms with Crippen molar-refractivity contribution in [3.05, 3.63) is 35.7 Å². The van der Waals surface area contributed by atoms with Crippen molar-refractivity contribution in [1.29, 1.82) is 0 Å². The Morgan fingerprint density at radius 2 is 1.94 bits per heavy atom. The zero-order valence-corrected chi connectivity index (χ0v) is 10.7. The molecule has 5 heteroatoms. The van der Waals surface area contributed by atoms with Crippen LogP contribution in [-0.4, -0.2) is 10.1 Å². The van der Waals surface area contributed by atoms with E-state index in [-0.39, 0.29) is 18.4 Å². The Kier molecular flexibility index (Phi) is 4.66. The maximum Gasteiger partial charge on any atom is 0.243 e. The summed E-state index contributed by atoms with van der Waals surface area (Å²) in [6.45, 7) is 3.94. The standard InChI is InChI=1S/C12H15N3O.ClH/c1-3-9-4-6-10(7-5-9)11-14-12(8(2)13)16-15-11;/h4-8H,3,13H2,1-2H3;1H. The molecule has 1 aromatic carbocycles. The maximum atomic E-state index is 5.65. The molecule has 0 saturated heterocycles. The quantitative estimate of drug-likeness (QED) is 0.914. The van der Waals surface area contributed by atoms with Crippen molar-refractivity contribution in [2.24, 2.45) is 5.73 Å². The predicted octanol–water partition coefficient (Wildman–Crippen LogP) is 2.74. The van der Waals surface area contributed by atoms with E-state index in [0.29, 0.717) is 11.7 Å². The van der Waals surface area contributed by atoms with Crippen LogP contribution in [0.4, 0.5) is 0 Å². The fraction of sp³-hybridized carbons (Fsp3) is 0.333. The molecule has 1 heterocycles. The smallest absolute Gasteiger partial charge is 0.243 e. The molecule has 0 bridgehead atoms. The summed E-state index contributed by atoms with van der Waals surface area (Å²) in [5.74, 6) is 1.06. The van der Waals surface area contributed by atoms with Gasteiger partial charge in [-0.15, -0.1) is 12.4 Å². The average molecular weight is 254 g/mol. The molecule has 0 amide bonds. The minimum absolute atomic E-state index is 0. The van der Waals surface area contributed by atoms with Gasteiger partial charge in [-0.05, 0) is 18.9 Å². The summed E-state index contributed by atoms with van der Waals surface area (Å²) in [5.41, 5.74) is 7.90. The molecule has 0 fully saturated rings. The van der Waals surface area contributed by atoms with Gasteiger partial charge in [-0.3, -0.25) is 0 Å². The first-order valence-corrected chi connectivity index (χ1v) is 5.39. The Labute approximate surface area is 107 Å². The largest absolute Gasteiger partial charge is 0.337 e. The molecular formula is C12H16ClN3O. The van der Waals surface area contributed by atoms with Crippen LogP contribution in [0.5, 0.6) is 0 Å². The van der Waals surface area contributed by atoms with E-state index >= 15 is 0 Å². The third-order valence-electron chi connectivity index (χ3n) is 2.45. The molecule has 0 radical (unpaired) electrons. The minimum atomic E-state index is -0.226. The van der Waals surface area contributed by atoms with E-state index in [2.05, 4.69) is 29.2 Å². The zero-order chi connectivity index (χ0) is 11.5. The summed E-state index contributed by atoms with van der Waals surface area (Å²) in [5, 5.41) is 3.90. The summed E-state index contributed by atoms with van der Waals surface area (Å²) in [6.07, 6.45) is 1.03. The lowest BCUT2D eigenvalue weighted by molar-refractivity contribution is 0.362. The summed E-state index contributed by atoms with van der Waals surface area (Å²) < 4.78 is 5.05. The zero-order valence-electron chi connectivity index (χ0n) is 9.88. The molecule has 1 unspecified atom stereocenters. The van der Waals surface area contributed by atoms with E-state index in [0.717, 1.165) is 12.0 Å². The van der Waals surface area contributed by atoms with Crippen molar-refractivity contribution in [3.63, 3.8) is 0 Å². The van der Waals surface area contributed by atoms with Gasteiger partial charge in [-0.1, -0.05) is 36.3 Å². The van der Waals surface area contributed by atoms with Gasteiger partial charge in [0.1, 0.15) is 0 Å². The SMILES string of the molecule is CCc1ccc(-c2noc(C(C)N)n2)cc1.Cl. The van der Waals surface area contributed by atoms with Crippen molar-refractivity contribution < 1.29 is 4.52 Å². The van der Waals surface area contributed by atoms with Crippen LogP contribution in [0.3, 0.4) is 0 Å². The van der Waals surface area contributed by atoms with Crippen LogP contribution in [-0.2, 0) is 6.42 Å². The Morgan fingerprint density at radius 3 is 2.41 bits per heavy atom. The van der Waals surface area contributed by atoms with Crippen LogP contribution in [0.1, 0.15) is 31.3 Å². The van der Waals surface area contributed by atoms with Gasteiger partial charge in [0.15, 0.2) is 0 Å². The Morgan fingerprint density at radius 1 is 1.29 bits per heavy atom. The first-order valence-electron chi connectivity index (χ1n) is 5.39. The highest BCUT2D eigenvalue weighted by atomic mass is 35.5. The number of aromatic nitrogens is 2. The first kappa shape index (κ1) is 13.7. The van der Waals surface area contributed by atoms with Crippen molar-refractivity contribution in [2.45, 2.75) is 26.3 Å². The molecule has 4 nitrogen and oxygen atoms in total. The van der Waals surface area contributed by atoms with E-state index in [1.54, 1.807) is 0 Å². The van der Waals surface area contributed by atoms with Crippen LogP contribution in [0.25, 0.3) is 11.4 Å². The van der Waals surface area contributed by atoms with Gasteiger partial charge in [0.05, 0.1) is 6.04 Å². The molecule has 0 aliphatic carbocycles. The molecule has 2 rings (SSSR count). The summed E-state index contributed by atoms with van der Waals surface area (Å²) >= 11 is 0. The number of rotatable bonds is 3. The van der Waals surface area contributed by atoms with Gasteiger partial charge in [-0.2, -0.15) is 4.98 Å². The molecule has 0 saturated carbocycles. The van der Waals surface area contributed by atoms with Gasteiger partial charge in [-0.25, -0.2) is 0 Å². The molecular weight excluding hydrogens is 238 g/mol. The fourth-order valence-corrected chi connectivity index (χ4v) is 1.43. The second-order valence-corrected chi connectivity index (χ2v) is 3.80. The van der Waals surface area contributed by atoms with Crippen molar-refractivity contribution in [1.82, 2.24) is 10.1 Å². The molecule has 92 valence electrons. The second kappa shape index (κ2) is 5.80. The van der Waals surface area contributed by atoms with Crippen LogP contribution in [0.2, 0.25) is 0 Å². The number of nitrogens with zero attached hydrogens (tertiary/aromatic N) is 2. The number of aryl methyl sites for hydroxylation is 1. The highest BCUT2D eigenvalue weighted by Crippen LogP contribution is 2.18. The molecule has 1 aromatic heterocycles. The van der Waals surface area contributed by atoms with Crippen LogP contribution in [0.15, 0.2) is 28.8 Å². The number of benzene rings is 1. The van der Waals surface area contributed by atoms with Crippen LogP contribution in [0, 0.1) is 0 Å². The number of halogens is 1. The average Bonchev–Trinajstić information content (AvgIpc) is 2.78. The molecule has 1 atom stereocenters. The Bertz CT molecular complexity index is 465. The third-order valence-corrected chi connectivity index (χ3v) is 2.45. The first-order chi connectivity index (χ1) is 7.70. The second-order valence-electron chi connectivity index (χ2n) is 3.80. The highest BCUT2D eigenvalue weighted by molar-refractivity contribution is 5.85. The summed E-state index contributed by atoms with van der Waals surface area (Å²) in [7, 11) is 0. The van der Waals surface area contributed by atoms with E-state index in [4.69, 9.17) is 10.3 Å². The number of hydrogen-bond acceptors (Lipinski definition) is 4. The fourth-order valence-electron chi connectivity index (χ4n) is 1.43. The van der Waals surface area contributed by atoms with Crippen molar-refractivity contribution >= 4 is 12.4 Å². The highest BCUT2D eigenvalue weighted by Gasteiger charge is 2.11. The summed E-state index contributed by atoms with van der Waals surface area (Å²) in [4.78, 5) is 4.23. The molecule has 2 N–H and O–H groups in total. The molecule has 0 spiro atoms. The third kappa shape index (κ3) is 3.05. The van der Waals surface area contributed by atoms with Crippen molar-refractivity contribution in [2.75, 3.05) is 0 Å². The van der Waals surface area contributed by atoms with E-state index in [1.807, 2.05) is 19.1 Å². The van der Waals surface area contributed by atoms with Crippen molar-refractivity contribution in [3.8, 4) is 11.4 Å². The summed E-state index contributed by atoms with van der Waals surface area (Å²) in [6, 6.07) is 7.90. The number of nitrogens with two attached hydrogens (primary N) is 1. The molecule has 2 aromatic rings. The molecule has 0 aliphatic heterocycles. The predicted molar refractivity (Wildman–Crippen MR) is 69.0 cm³/mol. The lowest BCUT2D eigenvalue weighted by Gasteiger charge is -1.97. The van der Waals surface area contributed by atoms with E-state index < -0.39 is 0 Å². The monoisotopic (exact) mass is 253 g/mol. The topological polar surface area (TPSA) is 64.9 Å². The van der Waals surface area contributed by atoms with Gasteiger partial charge in [0.2, 0.25) is 11.7 Å². The van der Waals surface area contributed by atoms with Gasteiger partial charge < -0.3 is 10.3 Å². The molecule has 17 heavy (non-hydrogen) atoms. The lowest BCUT2D eigenvalue weighted by Crippen LogP contribution is -2.04. The van der Waals surface area contributed by atoms with E-state index in [9.17, 15) is 0 Å². The van der Waals surface area contributed by atoms with Gasteiger partial charge in [0.25, 0.3) is 0 Å². The lowest BCUT2D eigenvalue weighted by atomic mass is 10.1. The minimum Gasteiger partial charge on any atom is -0.337 e. The van der Waals surface area contributed by atoms with E-state index in [1.165, 1.54) is 5.56 Å². The van der Waals surface area contributed by atoms with Gasteiger partial charge in [0, 0.05) is 5.56 Å². The molecule has 0 aliphatic rings. The van der Waals surface area contributed by atoms with Gasteiger partial charge >= 0.3 is 0 Å². The normalized spacial score (nSPS) is 11.9. The number of hydrogen-bond donors (Lipinski definition) is 1. The van der Waals surface area contributed by atoms with Crippen LogP contribution >= 0.6 is 12.4 Å². The Balaban J connectivity index is 0.00000144. The maximum absolute atomic E-state index is 5.65. The Hall–Kier alpha value is -1.39. The van der Waals surface area contributed by atoms with Crippen LogP contribution < -0.4 is 5.73 Å².